The van der Waals surface area contributed by atoms with E-state index in [9.17, 15) is 12.8 Å². The van der Waals surface area contributed by atoms with Crippen molar-refractivity contribution >= 4 is 21.6 Å². The summed E-state index contributed by atoms with van der Waals surface area (Å²) in [7, 11) is -0.862. The smallest absolute Gasteiger partial charge is 0.243 e. The summed E-state index contributed by atoms with van der Waals surface area (Å²) in [5, 5.41) is 0.193. The molecule has 0 saturated carbocycles. The number of rotatable bonds is 5. The fourth-order valence-electron chi connectivity index (χ4n) is 2.18. The third-order valence-corrected chi connectivity index (χ3v) is 5.67. The number of hydrogen-bond donors (Lipinski definition) is 0. The van der Waals surface area contributed by atoms with Gasteiger partial charge in [0.1, 0.15) is 11.6 Å². The molecule has 23 heavy (non-hydrogen) atoms. The van der Waals surface area contributed by atoms with E-state index in [1.165, 1.54) is 44.5 Å². The lowest BCUT2D eigenvalue weighted by Crippen LogP contribution is -2.27. The van der Waals surface area contributed by atoms with Gasteiger partial charge in [0, 0.05) is 24.2 Å². The Morgan fingerprint density at radius 3 is 2.52 bits per heavy atom. The first kappa shape index (κ1) is 17.7. The number of methoxy groups -OCH3 is 1. The molecule has 0 aliphatic heterocycles. The van der Waals surface area contributed by atoms with Gasteiger partial charge in [-0.15, -0.1) is 0 Å². The van der Waals surface area contributed by atoms with Gasteiger partial charge in [-0.25, -0.2) is 12.8 Å². The molecule has 0 heterocycles. The molecule has 2 aromatic rings. The van der Waals surface area contributed by atoms with E-state index in [2.05, 4.69) is 0 Å². The van der Waals surface area contributed by atoms with Gasteiger partial charge < -0.3 is 4.74 Å². The summed E-state index contributed by atoms with van der Waals surface area (Å²) in [4.78, 5) is 0.116. The summed E-state index contributed by atoms with van der Waals surface area (Å²) < 4.78 is 45.3. The van der Waals surface area contributed by atoms with Crippen LogP contribution in [-0.4, -0.2) is 26.9 Å². The Morgan fingerprint density at radius 2 is 1.96 bits per heavy atom. The van der Waals surface area contributed by atoms with Gasteiger partial charge in [-0.05, 0) is 42.8 Å². The molecule has 2 rings (SSSR count). The predicted octanol–water partition coefficient (Wildman–Crippen LogP) is 3.62. The summed E-state index contributed by atoms with van der Waals surface area (Å²) in [5.41, 5.74) is 0.844. The maximum atomic E-state index is 13.8. The monoisotopic (exact) mass is 357 g/mol. The maximum Gasteiger partial charge on any atom is 0.243 e. The van der Waals surface area contributed by atoms with Gasteiger partial charge >= 0.3 is 0 Å². The van der Waals surface area contributed by atoms with E-state index >= 15 is 0 Å². The van der Waals surface area contributed by atoms with E-state index in [1.807, 2.05) is 0 Å². The summed E-state index contributed by atoms with van der Waals surface area (Å²) in [6.07, 6.45) is 0. The summed E-state index contributed by atoms with van der Waals surface area (Å²) >= 11 is 5.96. The van der Waals surface area contributed by atoms with E-state index in [0.717, 1.165) is 4.31 Å². The van der Waals surface area contributed by atoms with Gasteiger partial charge in [-0.3, -0.25) is 0 Å². The van der Waals surface area contributed by atoms with Crippen molar-refractivity contribution in [1.82, 2.24) is 4.31 Å². The molecular weight excluding hydrogens is 341 g/mol. The number of aryl methyl sites for hydroxylation is 1. The zero-order valence-corrected chi connectivity index (χ0v) is 14.6. The van der Waals surface area contributed by atoms with Crippen LogP contribution in [-0.2, 0) is 16.6 Å². The van der Waals surface area contributed by atoms with Gasteiger partial charge in [-0.2, -0.15) is 4.31 Å². The maximum absolute atomic E-state index is 13.8. The molecule has 0 amide bonds. The predicted molar refractivity (Wildman–Crippen MR) is 87.8 cm³/mol. The Kier molecular flexibility index (Phi) is 5.29. The Hall–Kier alpha value is -1.63. The molecule has 0 atom stereocenters. The van der Waals surface area contributed by atoms with E-state index < -0.39 is 15.8 Å². The number of sulfonamides is 1. The first-order valence-corrected chi connectivity index (χ1v) is 8.63. The molecular formula is C16H17ClFNO3S. The minimum Gasteiger partial charge on any atom is -0.496 e. The second-order valence-corrected chi connectivity index (χ2v) is 7.54. The summed E-state index contributed by atoms with van der Waals surface area (Å²) in [6.45, 7) is 1.60. The fourth-order valence-corrected chi connectivity index (χ4v) is 3.63. The average molecular weight is 358 g/mol. The quantitative estimate of drug-likeness (QED) is 0.821. The number of halogens is 2. The molecule has 0 bridgehead atoms. The fraction of sp³-hybridized carbons (Fsp3) is 0.250. The zero-order chi connectivity index (χ0) is 17.2. The van der Waals surface area contributed by atoms with Crippen LogP contribution in [0.4, 0.5) is 4.39 Å². The van der Waals surface area contributed by atoms with Gasteiger partial charge in [0.05, 0.1) is 12.0 Å². The molecule has 0 unspecified atom stereocenters. The Balaban J connectivity index is 2.34. The first-order chi connectivity index (χ1) is 10.8. The third-order valence-electron chi connectivity index (χ3n) is 3.52. The van der Waals surface area contributed by atoms with Crippen LogP contribution in [0.15, 0.2) is 41.3 Å². The average Bonchev–Trinajstić information content (AvgIpc) is 2.50. The second kappa shape index (κ2) is 6.86. The molecule has 0 N–H and O–H groups in total. The van der Waals surface area contributed by atoms with Crippen LogP contribution in [0.2, 0.25) is 5.02 Å². The van der Waals surface area contributed by atoms with Gasteiger partial charge in [0.2, 0.25) is 10.0 Å². The van der Waals surface area contributed by atoms with Gasteiger partial charge in [0.25, 0.3) is 0 Å². The Bertz CT molecular complexity index is 804. The molecule has 0 radical (unpaired) electrons. The summed E-state index contributed by atoms with van der Waals surface area (Å²) in [5.74, 6) is 0.0641. The van der Waals surface area contributed by atoms with Gasteiger partial charge in [0.15, 0.2) is 0 Å². The minimum absolute atomic E-state index is 0.116. The van der Waals surface area contributed by atoms with E-state index in [-0.39, 0.29) is 22.0 Å². The van der Waals surface area contributed by atoms with Crippen LogP contribution in [0.3, 0.4) is 0 Å². The topological polar surface area (TPSA) is 46.6 Å². The van der Waals surface area contributed by atoms with Crippen molar-refractivity contribution in [3.63, 3.8) is 0 Å². The lowest BCUT2D eigenvalue weighted by molar-refractivity contribution is 0.411. The largest absolute Gasteiger partial charge is 0.496 e. The van der Waals surface area contributed by atoms with Crippen LogP contribution >= 0.6 is 11.6 Å². The number of hydrogen-bond acceptors (Lipinski definition) is 3. The van der Waals surface area contributed by atoms with Gasteiger partial charge in [-0.1, -0.05) is 17.7 Å². The van der Waals surface area contributed by atoms with Crippen molar-refractivity contribution in [1.29, 1.82) is 0 Å². The molecule has 124 valence electrons. The zero-order valence-electron chi connectivity index (χ0n) is 13.0. The van der Waals surface area contributed by atoms with Crippen LogP contribution in [0.1, 0.15) is 11.1 Å². The van der Waals surface area contributed by atoms with Crippen LogP contribution in [0.5, 0.6) is 5.75 Å². The summed E-state index contributed by atoms with van der Waals surface area (Å²) in [6, 6.07) is 8.82. The normalized spacial score (nSPS) is 11.7. The molecule has 0 saturated heterocycles. The first-order valence-electron chi connectivity index (χ1n) is 6.81. The minimum atomic E-state index is -3.77. The second-order valence-electron chi connectivity index (χ2n) is 5.09. The standard InChI is InChI=1S/C16H17ClFNO3S/c1-11-9-12(7-8-16(11)22-3)23(20,21)19(2)10-13-14(17)5-4-6-15(13)18/h4-9H,10H2,1-3H3. The highest BCUT2D eigenvalue weighted by molar-refractivity contribution is 7.89. The van der Waals surface area contributed by atoms with Crippen molar-refractivity contribution in [3.05, 3.63) is 58.4 Å². The van der Waals surface area contributed by atoms with Crippen LogP contribution in [0.25, 0.3) is 0 Å². The van der Waals surface area contributed by atoms with Crippen molar-refractivity contribution in [3.8, 4) is 5.75 Å². The Labute approximate surface area is 140 Å². The van der Waals surface area contributed by atoms with E-state index in [4.69, 9.17) is 16.3 Å². The van der Waals surface area contributed by atoms with Crippen LogP contribution < -0.4 is 4.74 Å². The number of benzene rings is 2. The Morgan fingerprint density at radius 1 is 1.26 bits per heavy atom. The lowest BCUT2D eigenvalue weighted by Gasteiger charge is -2.19. The highest BCUT2D eigenvalue weighted by Gasteiger charge is 2.23. The molecule has 0 fully saturated rings. The van der Waals surface area contributed by atoms with Crippen molar-refractivity contribution < 1.29 is 17.5 Å². The highest BCUT2D eigenvalue weighted by Crippen LogP contribution is 2.26. The molecule has 0 aromatic heterocycles. The molecule has 2 aromatic carbocycles. The molecule has 0 aliphatic carbocycles. The SMILES string of the molecule is COc1ccc(S(=O)(=O)N(C)Cc2c(F)cccc2Cl)cc1C. The highest BCUT2D eigenvalue weighted by atomic mass is 35.5. The van der Waals surface area contributed by atoms with Crippen molar-refractivity contribution in [2.45, 2.75) is 18.4 Å². The van der Waals surface area contributed by atoms with Crippen molar-refractivity contribution in [2.75, 3.05) is 14.2 Å². The molecule has 0 spiro atoms. The lowest BCUT2D eigenvalue weighted by atomic mass is 10.2. The molecule has 4 nitrogen and oxygen atoms in total. The third kappa shape index (κ3) is 3.65. The van der Waals surface area contributed by atoms with E-state index in [0.29, 0.717) is 11.3 Å². The van der Waals surface area contributed by atoms with E-state index in [1.54, 1.807) is 13.0 Å². The van der Waals surface area contributed by atoms with Crippen molar-refractivity contribution in [2.24, 2.45) is 0 Å². The molecule has 0 aliphatic rings. The molecule has 7 heteroatoms. The van der Waals surface area contributed by atoms with Crippen LogP contribution in [0, 0.1) is 12.7 Å². The number of nitrogens with zero attached hydrogens (tertiary/aromatic N) is 1. The number of ether oxygens (including phenoxy) is 1.